The molecule has 4 heteroatoms. The van der Waals surface area contributed by atoms with Crippen LogP contribution < -0.4 is 11.3 Å². The number of nitrogens with two attached hydrogens (primary N) is 1. The second-order valence-corrected chi connectivity index (χ2v) is 2.76. The molecule has 1 aromatic rings. The lowest BCUT2D eigenvalue weighted by Crippen LogP contribution is -2.06. The zero-order valence-electron chi connectivity index (χ0n) is 5.77. The minimum atomic E-state index is 0.397. The first-order valence-electron chi connectivity index (χ1n) is 3.09. The highest BCUT2D eigenvalue weighted by Gasteiger charge is 1.98. The van der Waals surface area contributed by atoms with Crippen LogP contribution in [0.4, 0.5) is 5.69 Å². The third kappa shape index (κ3) is 1.99. The molecule has 0 saturated carbocycles. The van der Waals surface area contributed by atoms with E-state index in [9.17, 15) is 0 Å². The summed E-state index contributed by atoms with van der Waals surface area (Å²) in [6, 6.07) is 5.36. The van der Waals surface area contributed by atoms with Crippen molar-refractivity contribution in [2.24, 2.45) is 5.84 Å². The van der Waals surface area contributed by atoms with Gasteiger partial charge >= 0.3 is 0 Å². The van der Waals surface area contributed by atoms with E-state index in [0.717, 1.165) is 11.3 Å². The maximum Gasteiger partial charge on any atom is 0.0489 e. The van der Waals surface area contributed by atoms with Gasteiger partial charge in [-0.05, 0) is 23.8 Å². The lowest BCUT2D eigenvalue weighted by Gasteiger charge is -2.03. The lowest BCUT2D eigenvalue weighted by atomic mass is 10.2. The van der Waals surface area contributed by atoms with Gasteiger partial charge in [0, 0.05) is 16.6 Å². The molecule has 0 unspecified atom stereocenters. The molecule has 60 valence electrons. The number of alkyl halides is 1. The van der Waals surface area contributed by atoms with Gasteiger partial charge in [0.1, 0.15) is 0 Å². The van der Waals surface area contributed by atoms with E-state index in [2.05, 4.69) is 5.43 Å². The van der Waals surface area contributed by atoms with Gasteiger partial charge in [0.15, 0.2) is 0 Å². The highest BCUT2D eigenvalue weighted by Crippen LogP contribution is 2.21. The molecular weight excluding hydrogens is 183 g/mol. The van der Waals surface area contributed by atoms with Crippen molar-refractivity contribution in [3.8, 4) is 0 Å². The summed E-state index contributed by atoms with van der Waals surface area (Å²) in [5.74, 6) is 5.58. The number of anilines is 1. The standard InChI is InChI=1S/C7H8Cl2N2/c8-4-5-3-6(11-10)1-2-7(5)9/h1-3,11H,4,10H2. The molecule has 0 aromatic heterocycles. The van der Waals surface area contributed by atoms with Crippen molar-refractivity contribution in [3.63, 3.8) is 0 Å². The van der Waals surface area contributed by atoms with Gasteiger partial charge in [-0.15, -0.1) is 11.6 Å². The van der Waals surface area contributed by atoms with Crippen molar-refractivity contribution in [2.75, 3.05) is 5.43 Å². The van der Waals surface area contributed by atoms with Crippen molar-refractivity contribution in [2.45, 2.75) is 5.88 Å². The Hall–Kier alpha value is -0.440. The Kier molecular flexibility index (Phi) is 3.00. The van der Waals surface area contributed by atoms with E-state index in [1.165, 1.54) is 0 Å². The molecule has 11 heavy (non-hydrogen) atoms. The van der Waals surface area contributed by atoms with Crippen molar-refractivity contribution in [3.05, 3.63) is 28.8 Å². The maximum atomic E-state index is 5.80. The predicted molar refractivity (Wildman–Crippen MR) is 48.8 cm³/mol. The van der Waals surface area contributed by atoms with Crippen LogP contribution in [0.3, 0.4) is 0 Å². The monoisotopic (exact) mass is 190 g/mol. The maximum absolute atomic E-state index is 5.80. The van der Waals surface area contributed by atoms with Crippen LogP contribution in [0.2, 0.25) is 5.02 Å². The summed E-state index contributed by atoms with van der Waals surface area (Å²) < 4.78 is 0. The normalized spacial score (nSPS) is 9.73. The van der Waals surface area contributed by atoms with Crippen molar-refractivity contribution >= 4 is 28.9 Å². The second kappa shape index (κ2) is 3.81. The number of hydrogen-bond donors (Lipinski definition) is 2. The first-order valence-corrected chi connectivity index (χ1v) is 4.00. The van der Waals surface area contributed by atoms with E-state index < -0.39 is 0 Å². The molecule has 0 atom stereocenters. The molecule has 2 nitrogen and oxygen atoms in total. The van der Waals surface area contributed by atoms with Crippen molar-refractivity contribution in [1.29, 1.82) is 0 Å². The zero-order chi connectivity index (χ0) is 8.27. The van der Waals surface area contributed by atoms with E-state index in [1.54, 1.807) is 12.1 Å². The zero-order valence-corrected chi connectivity index (χ0v) is 7.28. The molecule has 0 radical (unpaired) electrons. The van der Waals surface area contributed by atoms with Crippen LogP contribution in [0.15, 0.2) is 18.2 Å². The number of halogens is 2. The minimum Gasteiger partial charge on any atom is -0.324 e. The van der Waals surface area contributed by atoms with E-state index in [0.29, 0.717) is 10.9 Å². The molecule has 0 saturated heterocycles. The van der Waals surface area contributed by atoms with Crippen LogP contribution >= 0.6 is 23.2 Å². The Morgan fingerprint density at radius 1 is 1.45 bits per heavy atom. The van der Waals surface area contributed by atoms with Gasteiger partial charge in [-0.3, -0.25) is 5.84 Å². The quantitative estimate of drug-likeness (QED) is 0.427. The lowest BCUT2D eigenvalue weighted by molar-refractivity contribution is 1.32. The summed E-state index contributed by atoms with van der Waals surface area (Å²) in [6.45, 7) is 0. The molecule has 0 heterocycles. The van der Waals surface area contributed by atoms with E-state index in [-0.39, 0.29) is 0 Å². The van der Waals surface area contributed by atoms with Gasteiger partial charge in [0.2, 0.25) is 0 Å². The summed E-state index contributed by atoms with van der Waals surface area (Å²) in [5.41, 5.74) is 4.20. The molecule has 1 rings (SSSR count). The van der Waals surface area contributed by atoms with Crippen molar-refractivity contribution < 1.29 is 0 Å². The van der Waals surface area contributed by atoms with Crippen LogP contribution in [-0.2, 0) is 5.88 Å². The number of nitrogen functional groups attached to an aromatic ring is 1. The van der Waals surface area contributed by atoms with Crippen molar-refractivity contribution in [1.82, 2.24) is 0 Å². The van der Waals surface area contributed by atoms with Crippen LogP contribution in [-0.4, -0.2) is 0 Å². The summed E-state index contributed by atoms with van der Waals surface area (Å²) in [4.78, 5) is 0. The Balaban J connectivity index is 3.02. The Bertz CT molecular complexity index is 250. The topological polar surface area (TPSA) is 38.0 Å². The smallest absolute Gasteiger partial charge is 0.0489 e. The minimum absolute atomic E-state index is 0.397. The highest BCUT2D eigenvalue weighted by molar-refractivity contribution is 6.32. The Morgan fingerprint density at radius 3 is 2.73 bits per heavy atom. The molecule has 1 aromatic carbocycles. The molecule has 0 bridgehead atoms. The van der Waals surface area contributed by atoms with Gasteiger partial charge in [-0.1, -0.05) is 11.6 Å². The Labute approximate surface area is 75.3 Å². The molecule has 0 fully saturated rings. The fraction of sp³-hybridized carbons (Fsp3) is 0.143. The van der Waals surface area contributed by atoms with Crippen LogP contribution in [0, 0.1) is 0 Å². The molecule has 0 aliphatic carbocycles. The second-order valence-electron chi connectivity index (χ2n) is 2.08. The predicted octanol–water partition coefficient (Wildman–Crippen LogP) is 2.36. The number of hydrazine groups is 1. The summed E-state index contributed by atoms with van der Waals surface area (Å²) in [6.07, 6.45) is 0. The van der Waals surface area contributed by atoms with Gasteiger partial charge in [0.05, 0.1) is 0 Å². The third-order valence-electron chi connectivity index (χ3n) is 1.36. The number of hydrogen-bond acceptors (Lipinski definition) is 2. The van der Waals surface area contributed by atoms with Gasteiger partial charge in [0.25, 0.3) is 0 Å². The largest absolute Gasteiger partial charge is 0.324 e. The number of rotatable bonds is 2. The number of benzene rings is 1. The molecule has 3 N–H and O–H groups in total. The van der Waals surface area contributed by atoms with Gasteiger partial charge in [-0.2, -0.15) is 0 Å². The first kappa shape index (κ1) is 8.65. The number of nitrogens with one attached hydrogen (secondary N) is 1. The third-order valence-corrected chi connectivity index (χ3v) is 2.01. The van der Waals surface area contributed by atoms with Gasteiger partial charge in [-0.25, -0.2) is 0 Å². The SMILES string of the molecule is NNc1ccc(Cl)c(CCl)c1. The first-order chi connectivity index (χ1) is 5.27. The average Bonchev–Trinajstić information content (AvgIpc) is 2.05. The van der Waals surface area contributed by atoms with E-state index in [1.807, 2.05) is 6.07 Å². The highest BCUT2D eigenvalue weighted by atomic mass is 35.5. The molecule has 0 aliphatic heterocycles. The summed E-state index contributed by atoms with van der Waals surface area (Å²) in [7, 11) is 0. The average molecular weight is 191 g/mol. The fourth-order valence-corrected chi connectivity index (χ4v) is 1.24. The van der Waals surface area contributed by atoms with Crippen LogP contribution in [0.25, 0.3) is 0 Å². The van der Waals surface area contributed by atoms with Gasteiger partial charge < -0.3 is 5.43 Å². The van der Waals surface area contributed by atoms with Crippen LogP contribution in [0.1, 0.15) is 5.56 Å². The molecule has 0 spiro atoms. The molecule has 0 aliphatic rings. The van der Waals surface area contributed by atoms with E-state index >= 15 is 0 Å². The van der Waals surface area contributed by atoms with Crippen LogP contribution in [0.5, 0.6) is 0 Å². The molecule has 0 amide bonds. The van der Waals surface area contributed by atoms with E-state index in [4.69, 9.17) is 29.0 Å². The summed E-state index contributed by atoms with van der Waals surface area (Å²) in [5, 5.41) is 0.666. The Morgan fingerprint density at radius 2 is 2.18 bits per heavy atom. The molecular formula is C7H8Cl2N2. The summed E-state index contributed by atoms with van der Waals surface area (Å²) >= 11 is 11.4. The fourth-order valence-electron chi connectivity index (χ4n) is 0.767.